The fourth-order valence-electron chi connectivity index (χ4n) is 2.45. The molecular formula is C16H16ClN3OS. The van der Waals surface area contributed by atoms with Crippen molar-refractivity contribution in [3.63, 3.8) is 0 Å². The SMILES string of the molecule is CCN1C=C(c2csc(C)n2)[C@H](c2ccc(Cl)cc2)NC1=O. The smallest absolute Gasteiger partial charge is 0.322 e. The highest BCUT2D eigenvalue weighted by molar-refractivity contribution is 7.09. The number of thiazole rings is 1. The molecule has 0 radical (unpaired) electrons. The van der Waals surface area contributed by atoms with Gasteiger partial charge in [-0.1, -0.05) is 23.7 Å². The number of benzene rings is 1. The van der Waals surface area contributed by atoms with Gasteiger partial charge in [-0.05, 0) is 31.5 Å². The summed E-state index contributed by atoms with van der Waals surface area (Å²) in [5.74, 6) is 0. The second kappa shape index (κ2) is 6.10. The lowest BCUT2D eigenvalue weighted by Crippen LogP contribution is -2.43. The van der Waals surface area contributed by atoms with Gasteiger partial charge in [0.25, 0.3) is 0 Å². The van der Waals surface area contributed by atoms with Crippen LogP contribution >= 0.6 is 22.9 Å². The maximum Gasteiger partial charge on any atom is 0.322 e. The lowest BCUT2D eigenvalue weighted by Gasteiger charge is -2.31. The van der Waals surface area contributed by atoms with E-state index in [1.54, 1.807) is 16.2 Å². The topological polar surface area (TPSA) is 45.2 Å². The Morgan fingerprint density at radius 2 is 2.09 bits per heavy atom. The van der Waals surface area contributed by atoms with Gasteiger partial charge in [0, 0.05) is 28.7 Å². The Kier molecular flexibility index (Phi) is 4.18. The second-order valence-electron chi connectivity index (χ2n) is 5.06. The van der Waals surface area contributed by atoms with Crippen LogP contribution in [0.25, 0.3) is 5.57 Å². The van der Waals surface area contributed by atoms with Gasteiger partial charge < -0.3 is 10.2 Å². The largest absolute Gasteiger partial charge is 0.327 e. The molecule has 114 valence electrons. The maximum absolute atomic E-state index is 12.2. The van der Waals surface area contributed by atoms with Gasteiger partial charge in [0.15, 0.2) is 0 Å². The molecule has 1 aliphatic rings. The van der Waals surface area contributed by atoms with Crippen molar-refractivity contribution in [3.8, 4) is 0 Å². The van der Waals surface area contributed by atoms with Crippen LogP contribution in [0.5, 0.6) is 0 Å². The van der Waals surface area contributed by atoms with Crippen LogP contribution in [0.1, 0.15) is 29.2 Å². The number of hydrogen-bond acceptors (Lipinski definition) is 3. The predicted molar refractivity (Wildman–Crippen MR) is 89.9 cm³/mol. The number of carbonyl (C=O) groups excluding carboxylic acids is 1. The summed E-state index contributed by atoms with van der Waals surface area (Å²) in [7, 11) is 0. The molecule has 1 atom stereocenters. The number of urea groups is 1. The molecule has 0 aliphatic carbocycles. The van der Waals surface area contributed by atoms with E-state index in [1.807, 2.05) is 49.7 Å². The van der Waals surface area contributed by atoms with Crippen molar-refractivity contribution < 1.29 is 4.79 Å². The molecule has 0 saturated heterocycles. The van der Waals surface area contributed by atoms with Gasteiger partial charge in [-0.3, -0.25) is 0 Å². The Labute approximate surface area is 138 Å². The number of carbonyl (C=O) groups is 1. The summed E-state index contributed by atoms with van der Waals surface area (Å²) in [6.07, 6.45) is 1.90. The molecule has 1 aromatic carbocycles. The van der Waals surface area contributed by atoms with Gasteiger partial charge in [0.05, 0.1) is 16.7 Å². The minimum atomic E-state index is -0.214. The fourth-order valence-corrected chi connectivity index (χ4v) is 3.20. The molecule has 1 N–H and O–H groups in total. The zero-order valence-electron chi connectivity index (χ0n) is 12.3. The Balaban J connectivity index is 2.06. The van der Waals surface area contributed by atoms with Crippen molar-refractivity contribution >= 4 is 34.5 Å². The van der Waals surface area contributed by atoms with E-state index in [4.69, 9.17) is 11.6 Å². The molecule has 22 heavy (non-hydrogen) atoms. The number of nitrogens with one attached hydrogen (secondary N) is 1. The van der Waals surface area contributed by atoms with Gasteiger partial charge in [0.2, 0.25) is 0 Å². The first-order valence-electron chi connectivity index (χ1n) is 7.05. The van der Waals surface area contributed by atoms with Crippen LogP contribution in [-0.2, 0) is 0 Å². The minimum absolute atomic E-state index is 0.0989. The highest BCUT2D eigenvalue weighted by atomic mass is 35.5. The average molecular weight is 334 g/mol. The van der Waals surface area contributed by atoms with E-state index in [0.717, 1.165) is 21.8 Å². The Hall–Kier alpha value is -1.85. The molecule has 0 unspecified atom stereocenters. The van der Waals surface area contributed by atoms with Crippen molar-refractivity contribution in [1.29, 1.82) is 0 Å². The third kappa shape index (κ3) is 2.87. The maximum atomic E-state index is 12.2. The summed E-state index contributed by atoms with van der Waals surface area (Å²) in [5.41, 5.74) is 2.89. The molecule has 2 amide bonds. The summed E-state index contributed by atoms with van der Waals surface area (Å²) >= 11 is 7.56. The predicted octanol–water partition coefficient (Wildman–Crippen LogP) is 4.23. The Morgan fingerprint density at radius 3 is 2.68 bits per heavy atom. The number of aryl methyl sites for hydroxylation is 1. The van der Waals surface area contributed by atoms with E-state index in [0.29, 0.717) is 11.6 Å². The first-order chi connectivity index (χ1) is 10.6. The summed E-state index contributed by atoms with van der Waals surface area (Å²) in [6.45, 7) is 4.54. The van der Waals surface area contributed by atoms with Gasteiger partial charge in [-0.25, -0.2) is 9.78 Å². The number of rotatable bonds is 3. The van der Waals surface area contributed by atoms with Gasteiger partial charge in [-0.15, -0.1) is 11.3 Å². The Bertz CT molecular complexity index is 723. The van der Waals surface area contributed by atoms with Gasteiger partial charge >= 0.3 is 6.03 Å². The third-order valence-corrected chi connectivity index (χ3v) is 4.62. The van der Waals surface area contributed by atoms with Crippen LogP contribution in [-0.4, -0.2) is 22.5 Å². The molecule has 4 nitrogen and oxygen atoms in total. The van der Waals surface area contributed by atoms with Crippen molar-refractivity contribution in [2.45, 2.75) is 19.9 Å². The quantitative estimate of drug-likeness (QED) is 0.913. The molecule has 0 bridgehead atoms. The molecule has 0 fully saturated rings. The monoisotopic (exact) mass is 333 g/mol. The van der Waals surface area contributed by atoms with E-state index >= 15 is 0 Å². The zero-order valence-corrected chi connectivity index (χ0v) is 13.9. The fraction of sp³-hybridized carbons (Fsp3) is 0.250. The van der Waals surface area contributed by atoms with E-state index in [1.165, 1.54) is 0 Å². The van der Waals surface area contributed by atoms with Crippen LogP contribution in [0.3, 0.4) is 0 Å². The molecule has 6 heteroatoms. The normalized spacial score (nSPS) is 18.1. The molecule has 1 aliphatic heterocycles. The summed E-state index contributed by atoms with van der Waals surface area (Å²) in [4.78, 5) is 18.4. The molecule has 3 rings (SSSR count). The second-order valence-corrected chi connectivity index (χ2v) is 6.55. The lowest BCUT2D eigenvalue weighted by atomic mass is 9.96. The van der Waals surface area contributed by atoms with Gasteiger partial charge in [0.1, 0.15) is 0 Å². The summed E-state index contributed by atoms with van der Waals surface area (Å²) in [5, 5.41) is 6.76. The average Bonchev–Trinajstić information content (AvgIpc) is 2.94. The molecule has 2 heterocycles. The molecule has 0 spiro atoms. The first kappa shape index (κ1) is 15.1. The third-order valence-electron chi connectivity index (χ3n) is 3.59. The van der Waals surface area contributed by atoms with Gasteiger partial charge in [-0.2, -0.15) is 0 Å². The highest BCUT2D eigenvalue weighted by Crippen LogP contribution is 2.34. The molecule has 1 aromatic heterocycles. The summed E-state index contributed by atoms with van der Waals surface area (Å²) < 4.78 is 0. The van der Waals surface area contributed by atoms with Crippen LogP contribution in [0.4, 0.5) is 4.79 Å². The van der Waals surface area contributed by atoms with Crippen molar-refractivity contribution in [1.82, 2.24) is 15.2 Å². The highest BCUT2D eigenvalue weighted by Gasteiger charge is 2.29. The van der Waals surface area contributed by atoms with E-state index in [9.17, 15) is 4.79 Å². The van der Waals surface area contributed by atoms with Crippen LogP contribution in [0.2, 0.25) is 5.02 Å². The number of halogens is 1. The number of aromatic nitrogens is 1. The molecule has 0 saturated carbocycles. The number of nitrogens with zero attached hydrogens (tertiary/aromatic N) is 2. The minimum Gasteiger partial charge on any atom is -0.327 e. The zero-order chi connectivity index (χ0) is 15.7. The van der Waals surface area contributed by atoms with Crippen LogP contribution in [0, 0.1) is 6.92 Å². The van der Waals surface area contributed by atoms with Crippen molar-refractivity contribution in [2.75, 3.05) is 6.54 Å². The van der Waals surface area contributed by atoms with Crippen LogP contribution in [0.15, 0.2) is 35.8 Å². The van der Waals surface area contributed by atoms with Crippen molar-refractivity contribution in [2.24, 2.45) is 0 Å². The van der Waals surface area contributed by atoms with Crippen molar-refractivity contribution in [3.05, 3.63) is 57.1 Å². The van der Waals surface area contributed by atoms with Crippen LogP contribution < -0.4 is 5.32 Å². The molecule has 2 aromatic rings. The van der Waals surface area contributed by atoms with E-state index in [-0.39, 0.29) is 12.1 Å². The standard InChI is InChI=1S/C16H16ClN3OS/c1-3-20-8-13(14-9-22-10(2)18-14)15(19-16(20)21)11-4-6-12(17)7-5-11/h4-9,15H,3H2,1-2H3,(H,19,21)/t15-/m0/s1. The number of hydrogen-bond donors (Lipinski definition) is 1. The molecular weight excluding hydrogens is 318 g/mol. The Morgan fingerprint density at radius 1 is 1.36 bits per heavy atom. The summed E-state index contributed by atoms with van der Waals surface area (Å²) in [6, 6.07) is 7.22. The number of amides is 2. The van der Waals surface area contributed by atoms with E-state index < -0.39 is 0 Å². The lowest BCUT2D eigenvalue weighted by molar-refractivity contribution is 0.212. The first-order valence-corrected chi connectivity index (χ1v) is 8.31. The van der Waals surface area contributed by atoms with E-state index in [2.05, 4.69) is 10.3 Å².